The van der Waals surface area contributed by atoms with Crippen LogP contribution in [0.15, 0.2) is 48.1 Å². The Morgan fingerprint density at radius 3 is 2.69 bits per heavy atom. The van der Waals surface area contributed by atoms with Crippen LogP contribution in [0.4, 0.5) is 10.9 Å². The van der Waals surface area contributed by atoms with Crippen LogP contribution in [0.5, 0.6) is 0 Å². The minimum Gasteiger partial charge on any atom is -0.369 e. The van der Waals surface area contributed by atoms with Gasteiger partial charge in [0.25, 0.3) is 5.91 Å². The number of carbonyl (C=O) groups excluding carboxylic acids is 1. The summed E-state index contributed by atoms with van der Waals surface area (Å²) in [5.41, 5.74) is 2.91. The summed E-state index contributed by atoms with van der Waals surface area (Å²) in [6.07, 6.45) is 1.53. The van der Waals surface area contributed by atoms with Crippen molar-refractivity contribution in [3.8, 4) is 0 Å². The third-order valence-corrected chi connectivity index (χ3v) is 4.86. The molecule has 26 heavy (non-hydrogen) atoms. The fourth-order valence-electron chi connectivity index (χ4n) is 2.45. The van der Waals surface area contributed by atoms with E-state index in [4.69, 9.17) is 11.6 Å². The van der Waals surface area contributed by atoms with E-state index >= 15 is 0 Å². The SMILES string of the molecule is CC(C)(CNc1ccc(C(=O)Nc2nncs2)cn1)c1ccccc1Cl. The lowest BCUT2D eigenvalue weighted by Gasteiger charge is -2.27. The molecule has 1 aromatic carbocycles. The highest BCUT2D eigenvalue weighted by atomic mass is 35.5. The van der Waals surface area contributed by atoms with E-state index in [0.29, 0.717) is 23.1 Å². The van der Waals surface area contributed by atoms with E-state index < -0.39 is 0 Å². The number of nitrogens with zero attached hydrogens (tertiary/aromatic N) is 3. The van der Waals surface area contributed by atoms with E-state index in [1.807, 2.05) is 24.3 Å². The molecule has 6 nitrogen and oxygen atoms in total. The van der Waals surface area contributed by atoms with Gasteiger partial charge < -0.3 is 5.32 Å². The second kappa shape index (κ2) is 7.80. The summed E-state index contributed by atoms with van der Waals surface area (Å²) >= 11 is 7.57. The Hall–Kier alpha value is -2.51. The molecular weight excluding hydrogens is 370 g/mol. The Morgan fingerprint density at radius 2 is 2.04 bits per heavy atom. The van der Waals surface area contributed by atoms with Gasteiger partial charge in [-0.15, -0.1) is 10.2 Å². The predicted octanol–water partition coefficient (Wildman–Crippen LogP) is 4.23. The Balaban J connectivity index is 1.62. The molecule has 0 spiro atoms. The zero-order valence-corrected chi connectivity index (χ0v) is 15.9. The average Bonchev–Trinajstić information content (AvgIpc) is 3.14. The summed E-state index contributed by atoms with van der Waals surface area (Å²) in [4.78, 5) is 16.4. The van der Waals surface area contributed by atoms with Crippen molar-refractivity contribution in [2.45, 2.75) is 19.3 Å². The molecule has 0 fully saturated rings. The number of hydrogen-bond donors (Lipinski definition) is 2. The van der Waals surface area contributed by atoms with Crippen LogP contribution >= 0.6 is 22.9 Å². The van der Waals surface area contributed by atoms with Crippen LogP contribution < -0.4 is 10.6 Å². The number of benzene rings is 1. The van der Waals surface area contributed by atoms with Crippen molar-refractivity contribution in [3.05, 3.63) is 64.3 Å². The number of aromatic nitrogens is 3. The van der Waals surface area contributed by atoms with Crippen molar-refractivity contribution < 1.29 is 4.79 Å². The molecule has 134 valence electrons. The number of amides is 1. The van der Waals surface area contributed by atoms with Crippen LogP contribution in [0.1, 0.15) is 29.8 Å². The monoisotopic (exact) mass is 387 g/mol. The van der Waals surface area contributed by atoms with E-state index in [-0.39, 0.29) is 11.3 Å². The van der Waals surface area contributed by atoms with Crippen LogP contribution in [-0.4, -0.2) is 27.6 Å². The van der Waals surface area contributed by atoms with Crippen LogP contribution in [0, 0.1) is 0 Å². The standard InChI is InChI=1S/C18H18ClN5OS/c1-18(2,13-5-3-4-6-14(13)19)10-21-15-8-7-12(9-20-15)16(25)23-17-24-22-11-26-17/h3-9,11H,10H2,1-2H3,(H,20,21)(H,23,24,25). The molecular formula is C18H18ClN5OS. The average molecular weight is 388 g/mol. The third-order valence-electron chi connectivity index (χ3n) is 3.92. The Labute approximate surface area is 160 Å². The molecule has 2 aromatic heterocycles. The maximum absolute atomic E-state index is 12.1. The summed E-state index contributed by atoms with van der Waals surface area (Å²) in [5, 5.41) is 14.6. The first-order valence-electron chi connectivity index (χ1n) is 7.98. The summed E-state index contributed by atoms with van der Waals surface area (Å²) < 4.78 is 0. The first-order valence-corrected chi connectivity index (χ1v) is 9.24. The van der Waals surface area contributed by atoms with Crippen molar-refractivity contribution in [2.75, 3.05) is 17.2 Å². The molecule has 0 aliphatic carbocycles. The second-order valence-corrected chi connectivity index (χ2v) is 7.59. The van der Waals surface area contributed by atoms with Crippen molar-refractivity contribution >= 4 is 39.8 Å². The molecule has 0 radical (unpaired) electrons. The van der Waals surface area contributed by atoms with E-state index in [2.05, 4.69) is 39.7 Å². The molecule has 3 aromatic rings. The smallest absolute Gasteiger partial charge is 0.259 e. The summed E-state index contributed by atoms with van der Waals surface area (Å²) in [7, 11) is 0. The molecule has 0 saturated carbocycles. The van der Waals surface area contributed by atoms with Gasteiger partial charge in [0.15, 0.2) is 0 Å². The number of nitrogens with one attached hydrogen (secondary N) is 2. The fraction of sp³-hybridized carbons (Fsp3) is 0.222. The topological polar surface area (TPSA) is 79.8 Å². The van der Waals surface area contributed by atoms with Crippen molar-refractivity contribution in [1.29, 1.82) is 0 Å². The molecule has 1 amide bonds. The largest absolute Gasteiger partial charge is 0.369 e. The zero-order valence-electron chi connectivity index (χ0n) is 14.4. The fourth-order valence-corrected chi connectivity index (χ4v) is 3.28. The van der Waals surface area contributed by atoms with Crippen molar-refractivity contribution in [1.82, 2.24) is 15.2 Å². The maximum atomic E-state index is 12.1. The molecule has 3 rings (SSSR count). The molecule has 2 heterocycles. The van der Waals surface area contributed by atoms with Gasteiger partial charge in [-0.2, -0.15) is 0 Å². The van der Waals surface area contributed by atoms with Gasteiger partial charge in [0.1, 0.15) is 11.3 Å². The van der Waals surface area contributed by atoms with Gasteiger partial charge in [-0.05, 0) is 23.8 Å². The summed E-state index contributed by atoms with van der Waals surface area (Å²) in [6.45, 7) is 4.89. The van der Waals surface area contributed by atoms with Gasteiger partial charge in [0.05, 0.1) is 5.56 Å². The number of pyridine rings is 1. The zero-order chi connectivity index (χ0) is 18.6. The first kappa shape index (κ1) is 18.3. The van der Waals surface area contributed by atoms with Gasteiger partial charge in [-0.3, -0.25) is 10.1 Å². The molecule has 0 aliphatic heterocycles. The predicted molar refractivity (Wildman–Crippen MR) is 105 cm³/mol. The number of halogens is 1. The van der Waals surface area contributed by atoms with Gasteiger partial charge in [0.2, 0.25) is 5.13 Å². The molecule has 0 atom stereocenters. The number of carbonyl (C=O) groups is 1. The van der Waals surface area contributed by atoms with Crippen LogP contribution in [0.25, 0.3) is 0 Å². The molecule has 0 bridgehead atoms. The molecule has 2 N–H and O–H groups in total. The Kier molecular flexibility index (Phi) is 5.49. The van der Waals surface area contributed by atoms with Gasteiger partial charge in [-0.1, -0.05) is 55.0 Å². The lowest BCUT2D eigenvalue weighted by atomic mass is 9.84. The van der Waals surface area contributed by atoms with E-state index in [0.717, 1.165) is 10.6 Å². The van der Waals surface area contributed by atoms with Crippen LogP contribution in [0.2, 0.25) is 5.02 Å². The summed E-state index contributed by atoms with van der Waals surface area (Å²) in [6, 6.07) is 11.3. The van der Waals surface area contributed by atoms with E-state index in [1.54, 1.807) is 17.6 Å². The number of hydrogen-bond acceptors (Lipinski definition) is 6. The molecule has 0 unspecified atom stereocenters. The minimum atomic E-state index is -0.266. The van der Waals surface area contributed by atoms with Crippen LogP contribution in [-0.2, 0) is 5.41 Å². The Bertz CT molecular complexity index is 881. The lowest BCUT2D eigenvalue weighted by Crippen LogP contribution is -2.28. The van der Waals surface area contributed by atoms with E-state index in [1.165, 1.54) is 17.5 Å². The molecule has 0 saturated heterocycles. The van der Waals surface area contributed by atoms with E-state index in [9.17, 15) is 4.79 Å². The van der Waals surface area contributed by atoms with Crippen molar-refractivity contribution in [3.63, 3.8) is 0 Å². The highest BCUT2D eigenvalue weighted by Gasteiger charge is 2.23. The normalized spacial score (nSPS) is 11.2. The Morgan fingerprint density at radius 1 is 1.23 bits per heavy atom. The van der Waals surface area contributed by atoms with Crippen LogP contribution in [0.3, 0.4) is 0 Å². The highest BCUT2D eigenvalue weighted by molar-refractivity contribution is 7.13. The van der Waals surface area contributed by atoms with Gasteiger partial charge >= 0.3 is 0 Å². The number of rotatable bonds is 6. The van der Waals surface area contributed by atoms with Crippen molar-refractivity contribution in [2.24, 2.45) is 0 Å². The van der Waals surface area contributed by atoms with Gasteiger partial charge in [-0.25, -0.2) is 4.98 Å². The quantitative estimate of drug-likeness (QED) is 0.661. The maximum Gasteiger partial charge on any atom is 0.259 e. The highest BCUT2D eigenvalue weighted by Crippen LogP contribution is 2.29. The minimum absolute atomic E-state index is 0.173. The lowest BCUT2D eigenvalue weighted by molar-refractivity contribution is 0.102. The number of anilines is 2. The molecule has 0 aliphatic rings. The first-order chi connectivity index (χ1) is 12.5. The summed E-state index contributed by atoms with van der Waals surface area (Å²) in [5.74, 6) is 0.426. The molecule has 8 heteroatoms. The second-order valence-electron chi connectivity index (χ2n) is 6.35. The van der Waals surface area contributed by atoms with Gasteiger partial charge in [0, 0.05) is 23.2 Å². The third kappa shape index (κ3) is 4.36.